The third-order valence-corrected chi connectivity index (χ3v) is 3.53. The highest BCUT2D eigenvalue weighted by Gasteiger charge is 2.04. The fourth-order valence-corrected chi connectivity index (χ4v) is 2.28. The maximum atomic E-state index is 11.4. The number of H-pyrrole nitrogens is 2. The minimum Gasteiger partial charge on any atom is -0.290 e. The Morgan fingerprint density at radius 3 is 2.96 bits per heavy atom. The molecule has 0 fully saturated rings. The van der Waals surface area contributed by atoms with Crippen LogP contribution in [0.4, 0.5) is 5.82 Å². The Balaban J connectivity index is 1.71. The van der Waals surface area contributed by atoms with Crippen LogP contribution in [-0.4, -0.2) is 26.4 Å². The van der Waals surface area contributed by atoms with Crippen LogP contribution in [0.5, 0.6) is 0 Å². The number of hydrogen-bond donors (Lipinski definition) is 3. The second kappa shape index (κ2) is 9.55. The van der Waals surface area contributed by atoms with Gasteiger partial charge in [-0.1, -0.05) is 45.1 Å². The van der Waals surface area contributed by atoms with Gasteiger partial charge in [-0.15, -0.1) is 0 Å². The molecule has 124 valence electrons. The van der Waals surface area contributed by atoms with Crippen molar-refractivity contribution in [1.82, 2.24) is 20.2 Å². The summed E-state index contributed by atoms with van der Waals surface area (Å²) in [5.74, 6) is 0.387. The molecule has 0 amide bonds. The molecule has 0 aromatic carbocycles. The Labute approximate surface area is 135 Å². The monoisotopic (exact) mass is 316 g/mol. The molecule has 0 aliphatic rings. The highest BCUT2D eigenvalue weighted by atomic mass is 16.1. The Morgan fingerprint density at radius 1 is 1.26 bits per heavy atom. The highest BCUT2D eigenvalue weighted by Crippen LogP contribution is 2.14. The van der Waals surface area contributed by atoms with Crippen molar-refractivity contribution in [1.29, 1.82) is 0 Å². The van der Waals surface area contributed by atoms with Gasteiger partial charge < -0.3 is 0 Å². The van der Waals surface area contributed by atoms with Gasteiger partial charge in [-0.05, 0) is 18.9 Å². The summed E-state index contributed by atoms with van der Waals surface area (Å²) in [4.78, 5) is 17.8. The summed E-state index contributed by atoms with van der Waals surface area (Å²) in [5.41, 5.74) is 2.85. The summed E-state index contributed by atoms with van der Waals surface area (Å²) < 4.78 is 0. The number of rotatable bonds is 10. The SMILES string of the molecule is CCCCCCCC/C=C/C=N/Nc1nc(=O)[nH]c2[nH]ncc12. The van der Waals surface area contributed by atoms with Crippen molar-refractivity contribution in [2.45, 2.75) is 51.9 Å². The summed E-state index contributed by atoms with van der Waals surface area (Å²) >= 11 is 0. The lowest BCUT2D eigenvalue weighted by molar-refractivity contribution is 0.611. The van der Waals surface area contributed by atoms with E-state index in [1.807, 2.05) is 6.08 Å². The molecule has 0 atom stereocenters. The molecule has 2 rings (SSSR count). The first-order valence-corrected chi connectivity index (χ1v) is 8.19. The third kappa shape index (κ3) is 5.69. The molecule has 0 spiro atoms. The molecule has 3 N–H and O–H groups in total. The fraction of sp³-hybridized carbons (Fsp3) is 0.500. The van der Waals surface area contributed by atoms with Crippen LogP contribution in [0, 0.1) is 0 Å². The zero-order valence-electron chi connectivity index (χ0n) is 13.5. The van der Waals surface area contributed by atoms with E-state index in [1.165, 1.54) is 38.5 Å². The van der Waals surface area contributed by atoms with Crippen LogP contribution in [0.1, 0.15) is 51.9 Å². The average molecular weight is 316 g/mol. The zero-order chi connectivity index (χ0) is 16.3. The van der Waals surface area contributed by atoms with Gasteiger partial charge >= 0.3 is 5.69 Å². The van der Waals surface area contributed by atoms with Gasteiger partial charge in [0.1, 0.15) is 5.65 Å². The summed E-state index contributed by atoms with van der Waals surface area (Å²) in [5, 5.41) is 11.3. The van der Waals surface area contributed by atoms with Crippen molar-refractivity contribution >= 4 is 23.1 Å². The summed E-state index contributed by atoms with van der Waals surface area (Å²) in [7, 11) is 0. The molecule has 2 aromatic rings. The first-order valence-electron chi connectivity index (χ1n) is 8.19. The van der Waals surface area contributed by atoms with E-state index in [9.17, 15) is 4.79 Å². The lowest BCUT2D eigenvalue weighted by Gasteiger charge is -1.98. The molecule has 0 unspecified atom stereocenters. The predicted octanol–water partition coefficient (Wildman–Crippen LogP) is 3.35. The Kier molecular flexibility index (Phi) is 7.03. The van der Waals surface area contributed by atoms with E-state index in [1.54, 1.807) is 12.4 Å². The van der Waals surface area contributed by atoms with E-state index >= 15 is 0 Å². The van der Waals surface area contributed by atoms with Crippen LogP contribution in [-0.2, 0) is 0 Å². The predicted molar refractivity (Wildman–Crippen MR) is 93.8 cm³/mol. The number of aromatic nitrogens is 4. The summed E-state index contributed by atoms with van der Waals surface area (Å²) in [6, 6.07) is 0. The quantitative estimate of drug-likeness (QED) is 0.355. The molecular weight excluding hydrogens is 292 g/mol. The average Bonchev–Trinajstić information content (AvgIpc) is 3.00. The van der Waals surface area contributed by atoms with Crippen molar-refractivity contribution < 1.29 is 0 Å². The number of unbranched alkanes of at least 4 members (excludes halogenated alkanes) is 6. The van der Waals surface area contributed by atoms with Crippen LogP contribution in [0.2, 0.25) is 0 Å². The fourth-order valence-electron chi connectivity index (χ4n) is 2.28. The molecule has 0 saturated carbocycles. The molecule has 7 nitrogen and oxygen atoms in total. The van der Waals surface area contributed by atoms with Crippen molar-refractivity contribution in [3.05, 3.63) is 28.8 Å². The molecule has 0 radical (unpaired) electrons. The van der Waals surface area contributed by atoms with Gasteiger partial charge in [0.2, 0.25) is 0 Å². The third-order valence-electron chi connectivity index (χ3n) is 3.53. The number of fused-ring (bicyclic) bond motifs is 1. The van der Waals surface area contributed by atoms with Crippen molar-refractivity contribution in [2.24, 2.45) is 5.10 Å². The number of nitrogens with zero attached hydrogens (tertiary/aromatic N) is 3. The minimum atomic E-state index is -0.446. The number of hydrogen-bond acceptors (Lipinski definition) is 5. The van der Waals surface area contributed by atoms with E-state index in [4.69, 9.17) is 0 Å². The zero-order valence-corrected chi connectivity index (χ0v) is 13.5. The van der Waals surface area contributed by atoms with E-state index < -0.39 is 5.69 Å². The number of aromatic amines is 2. The topological polar surface area (TPSA) is 98.8 Å². The second-order valence-corrected chi connectivity index (χ2v) is 5.42. The van der Waals surface area contributed by atoms with E-state index in [2.05, 4.69) is 43.7 Å². The van der Waals surface area contributed by atoms with E-state index in [0.717, 1.165) is 6.42 Å². The summed E-state index contributed by atoms with van der Waals surface area (Å²) in [6.45, 7) is 2.23. The standard InChI is InChI=1S/C16H24N6O/c1-2-3-4-5-6-7-8-9-10-11-17-21-14-13-12-18-22-15(13)20-16(23)19-14/h9-12H,2-8H2,1H3,(H3,18,19,20,21,22,23)/b10-9+,17-11+. The van der Waals surface area contributed by atoms with Gasteiger partial charge in [-0.3, -0.25) is 15.5 Å². The van der Waals surface area contributed by atoms with Gasteiger partial charge in [-0.2, -0.15) is 15.2 Å². The number of nitrogens with one attached hydrogen (secondary N) is 3. The van der Waals surface area contributed by atoms with Gasteiger partial charge in [-0.25, -0.2) is 4.79 Å². The van der Waals surface area contributed by atoms with Crippen LogP contribution < -0.4 is 11.1 Å². The summed E-state index contributed by atoms with van der Waals surface area (Å²) in [6.07, 6.45) is 16.1. The molecule has 0 saturated heterocycles. The van der Waals surface area contributed by atoms with Crippen LogP contribution in [0.3, 0.4) is 0 Å². The van der Waals surface area contributed by atoms with Crippen molar-refractivity contribution in [2.75, 3.05) is 5.43 Å². The molecule has 0 bridgehead atoms. The Hall–Kier alpha value is -2.44. The molecule has 2 heterocycles. The molecular formula is C16H24N6O. The van der Waals surface area contributed by atoms with Gasteiger partial charge in [0.25, 0.3) is 0 Å². The van der Waals surface area contributed by atoms with Crippen molar-refractivity contribution in [3.63, 3.8) is 0 Å². The molecule has 0 aliphatic heterocycles. The molecule has 23 heavy (non-hydrogen) atoms. The largest absolute Gasteiger partial charge is 0.348 e. The second-order valence-electron chi connectivity index (χ2n) is 5.42. The normalized spacial score (nSPS) is 11.9. The van der Waals surface area contributed by atoms with Crippen LogP contribution in [0.15, 0.2) is 28.2 Å². The molecule has 2 aromatic heterocycles. The van der Waals surface area contributed by atoms with Gasteiger partial charge in [0.05, 0.1) is 11.6 Å². The Bertz CT molecular complexity index is 700. The van der Waals surface area contributed by atoms with Gasteiger partial charge in [0.15, 0.2) is 5.82 Å². The lowest BCUT2D eigenvalue weighted by Crippen LogP contribution is -2.12. The number of allylic oxidation sites excluding steroid dienone is 2. The minimum absolute atomic E-state index is 0.387. The van der Waals surface area contributed by atoms with Crippen LogP contribution in [0.25, 0.3) is 11.0 Å². The number of anilines is 1. The van der Waals surface area contributed by atoms with Crippen molar-refractivity contribution in [3.8, 4) is 0 Å². The number of hydrazone groups is 1. The van der Waals surface area contributed by atoms with E-state index in [0.29, 0.717) is 16.9 Å². The van der Waals surface area contributed by atoms with Gasteiger partial charge in [0, 0.05) is 6.21 Å². The van der Waals surface area contributed by atoms with Crippen LogP contribution >= 0.6 is 0 Å². The highest BCUT2D eigenvalue weighted by molar-refractivity contribution is 5.85. The Morgan fingerprint density at radius 2 is 2.09 bits per heavy atom. The lowest BCUT2D eigenvalue weighted by atomic mass is 10.1. The van der Waals surface area contributed by atoms with E-state index in [-0.39, 0.29) is 0 Å². The molecule has 7 heteroatoms. The maximum absolute atomic E-state index is 11.4. The molecule has 0 aliphatic carbocycles. The first-order chi connectivity index (χ1) is 11.3. The maximum Gasteiger partial charge on any atom is 0.348 e. The first kappa shape index (κ1) is 16.9. The smallest absolute Gasteiger partial charge is 0.290 e.